The SMILES string of the molecule is CCNC(=O)c1cccc(NC(=O)C[C@@H]2c3ccccc3C=CN2C(C)=O)c1. The Labute approximate surface area is 164 Å². The van der Waals surface area contributed by atoms with E-state index in [1.54, 1.807) is 35.4 Å². The van der Waals surface area contributed by atoms with Gasteiger partial charge in [-0.2, -0.15) is 0 Å². The van der Waals surface area contributed by atoms with Crippen LogP contribution < -0.4 is 10.6 Å². The number of nitrogens with zero attached hydrogens (tertiary/aromatic N) is 1. The molecule has 3 amide bonds. The van der Waals surface area contributed by atoms with Gasteiger partial charge >= 0.3 is 0 Å². The molecular formula is C22H23N3O3. The van der Waals surface area contributed by atoms with Crippen LogP contribution >= 0.6 is 0 Å². The van der Waals surface area contributed by atoms with Crippen LogP contribution in [0.5, 0.6) is 0 Å². The number of amides is 3. The van der Waals surface area contributed by atoms with Gasteiger partial charge < -0.3 is 15.5 Å². The molecule has 0 unspecified atom stereocenters. The zero-order chi connectivity index (χ0) is 20.1. The number of hydrogen-bond acceptors (Lipinski definition) is 3. The molecule has 0 aliphatic carbocycles. The van der Waals surface area contributed by atoms with E-state index in [9.17, 15) is 14.4 Å². The number of rotatable bonds is 5. The highest BCUT2D eigenvalue weighted by Gasteiger charge is 2.28. The van der Waals surface area contributed by atoms with Gasteiger partial charge in [-0.05, 0) is 42.3 Å². The van der Waals surface area contributed by atoms with Gasteiger partial charge in [0.05, 0.1) is 12.5 Å². The second kappa shape index (κ2) is 8.52. The summed E-state index contributed by atoms with van der Waals surface area (Å²) in [6.07, 6.45) is 3.71. The second-order valence-electron chi connectivity index (χ2n) is 6.58. The fourth-order valence-electron chi connectivity index (χ4n) is 3.30. The topological polar surface area (TPSA) is 78.5 Å². The Balaban J connectivity index is 1.77. The number of hydrogen-bond donors (Lipinski definition) is 2. The zero-order valence-electron chi connectivity index (χ0n) is 15.9. The summed E-state index contributed by atoms with van der Waals surface area (Å²) in [6, 6.07) is 14.1. The molecule has 0 saturated heterocycles. The highest BCUT2D eigenvalue weighted by atomic mass is 16.2. The lowest BCUT2D eigenvalue weighted by Gasteiger charge is -2.32. The van der Waals surface area contributed by atoms with E-state index in [0.29, 0.717) is 17.8 Å². The Hall–Kier alpha value is -3.41. The first-order valence-corrected chi connectivity index (χ1v) is 9.23. The van der Waals surface area contributed by atoms with Crippen molar-refractivity contribution in [3.05, 3.63) is 71.4 Å². The quantitative estimate of drug-likeness (QED) is 0.839. The van der Waals surface area contributed by atoms with Gasteiger partial charge in [-0.15, -0.1) is 0 Å². The fraction of sp³-hybridized carbons (Fsp3) is 0.227. The maximum Gasteiger partial charge on any atom is 0.251 e. The molecule has 1 heterocycles. The summed E-state index contributed by atoms with van der Waals surface area (Å²) in [5.41, 5.74) is 2.96. The largest absolute Gasteiger partial charge is 0.352 e. The lowest BCUT2D eigenvalue weighted by atomic mass is 9.93. The van der Waals surface area contributed by atoms with Crippen molar-refractivity contribution >= 4 is 29.5 Å². The monoisotopic (exact) mass is 377 g/mol. The summed E-state index contributed by atoms with van der Waals surface area (Å²) in [4.78, 5) is 38.3. The Morgan fingerprint density at radius 2 is 1.86 bits per heavy atom. The fourth-order valence-corrected chi connectivity index (χ4v) is 3.30. The number of fused-ring (bicyclic) bond motifs is 1. The van der Waals surface area contributed by atoms with Crippen molar-refractivity contribution < 1.29 is 14.4 Å². The third-order valence-electron chi connectivity index (χ3n) is 4.59. The van der Waals surface area contributed by atoms with Crippen LogP contribution in [0.15, 0.2) is 54.7 Å². The molecule has 0 saturated carbocycles. The maximum atomic E-state index is 12.7. The van der Waals surface area contributed by atoms with Crippen LogP contribution in [0, 0.1) is 0 Å². The molecule has 0 aromatic heterocycles. The Kier molecular flexibility index (Phi) is 5.89. The summed E-state index contributed by atoms with van der Waals surface area (Å²) < 4.78 is 0. The predicted octanol–water partition coefficient (Wildman–Crippen LogP) is 3.34. The van der Waals surface area contributed by atoms with Crippen molar-refractivity contribution in [2.24, 2.45) is 0 Å². The molecular weight excluding hydrogens is 354 g/mol. The molecule has 0 radical (unpaired) electrons. The number of carbonyl (C=O) groups excluding carboxylic acids is 3. The van der Waals surface area contributed by atoms with Crippen molar-refractivity contribution in [1.82, 2.24) is 10.2 Å². The third-order valence-corrected chi connectivity index (χ3v) is 4.59. The standard InChI is InChI=1S/C22H23N3O3/c1-3-23-22(28)17-8-6-9-18(13-17)24-21(27)14-20-19-10-5-4-7-16(19)11-12-25(20)15(2)26/h4-13,20H,3,14H2,1-2H3,(H,23,28)(H,24,27)/t20-/m1/s1. The maximum absolute atomic E-state index is 12.7. The number of anilines is 1. The molecule has 2 aromatic carbocycles. The van der Waals surface area contributed by atoms with Crippen LogP contribution in [0.3, 0.4) is 0 Å². The minimum atomic E-state index is -0.370. The van der Waals surface area contributed by atoms with Crippen LogP contribution in [0.4, 0.5) is 5.69 Å². The molecule has 0 spiro atoms. The first-order valence-electron chi connectivity index (χ1n) is 9.23. The van der Waals surface area contributed by atoms with Crippen molar-refractivity contribution in [2.75, 3.05) is 11.9 Å². The normalized spacial score (nSPS) is 14.9. The predicted molar refractivity (Wildman–Crippen MR) is 108 cm³/mol. The molecule has 144 valence electrons. The van der Waals surface area contributed by atoms with Gasteiger partial charge in [-0.1, -0.05) is 30.3 Å². The molecule has 2 aromatic rings. The van der Waals surface area contributed by atoms with Crippen LogP contribution in [-0.4, -0.2) is 29.2 Å². The molecule has 0 bridgehead atoms. The third kappa shape index (κ3) is 4.28. The molecule has 0 fully saturated rings. The van der Waals surface area contributed by atoms with Crippen molar-refractivity contribution in [3.63, 3.8) is 0 Å². The van der Waals surface area contributed by atoms with Crippen molar-refractivity contribution in [1.29, 1.82) is 0 Å². The van der Waals surface area contributed by atoms with Gasteiger partial charge in [0, 0.05) is 30.9 Å². The molecule has 1 atom stereocenters. The summed E-state index contributed by atoms with van der Waals surface area (Å²) >= 11 is 0. The van der Waals surface area contributed by atoms with E-state index < -0.39 is 0 Å². The summed E-state index contributed by atoms with van der Waals surface area (Å²) in [5, 5.41) is 5.57. The van der Waals surface area contributed by atoms with Gasteiger partial charge in [0.2, 0.25) is 11.8 Å². The Bertz CT molecular complexity index is 936. The van der Waals surface area contributed by atoms with E-state index in [4.69, 9.17) is 0 Å². The van der Waals surface area contributed by atoms with Crippen LogP contribution in [0.1, 0.15) is 47.8 Å². The average molecular weight is 377 g/mol. The second-order valence-corrected chi connectivity index (χ2v) is 6.58. The lowest BCUT2D eigenvalue weighted by Crippen LogP contribution is -2.33. The minimum absolute atomic E-state index is 0.117. The molecule has 3 rings (SSSR count). The summed E-state index contributed by atoms with van der Waals surface area (Å²) in [5.74, 6) is -0.538. The number of benzene rings is 2. The van der Waals surface area contributed by atoms with E-state index in [1.807, 2.05) is 37.3 Å². The van der Waals surface area contributed by atoms with Crippen molar-refractivity contribution in [2.45, 2.75) is 26.3 Å². The first kappa shape index (κ1) is 19.4. The molecule has 6 heteroatoms. The van der Waals surface area contributed by atoms with Gasteiger partial charge in [0.25, 0.3) is 5.91 Å². The molecule has 2 N–H and O–H groups in total. The summed E-state index contributed by atoms with van der Waals surface area (Å²) in [6.45, 7) is 3.87. The van der Waals surface area contributed by atoms with E-state index in [2.05, 4.69) is 10.6 Å². The zero-order valence-corrected chi connectivity index (χ0v) is 15.9. The van der Waals surface area contributed by atoms with Gasteiger partial charge in [-0.3, -0.25) is 14.4 Å². The molecule has 6 nitrogen and oxygen atoms in total. The van der Waals surface area contributed by atoms with E-state index in [0.717, 1.165) is 11.1 Å². The van der Waals surface area contributed by atoms with Gasteiger partial charge in [-0.25, -0.2) is 0 Å². The smallest absolute Gasteiger partial charge is 0.251 e. The Morgan fingerprint density at radius 3 is 2.61 bits per heavy atom. The van der Waals surface area contributed by atoms with E-state index in [-0.39, 0.29) is 30.2 Å². The molecule has 1 aliphatic rings. The van der Waals surface area contributed by atoms with Crippen LogP contribution in [0.25, 0.3) is 6.08 Å². The van der Waals surface area contributed by atoms with Crippen LogP contribution in [-0.2, 0) is 9.59 Å². The highest BCUT2D eigenvalue weighted by molar-refractivity contribution is 5.97. The van der Waals surface area contributed by atoms with Crippen molar-refractivity contribution in [3.8, 4) is 0 Å². The highest BCUT2D eigenvalue weighted by Crippen LogP contribution is 2.33. The van der Waals surface area contributed by atoms with Crippen LogP contribution in [0.2, 0.25) is 0 Å². The molecule has 28 heavy (non-hydrogen) atoms. The lowest BCUT2D eigenvalue weighted by molar-refractivity contribution is -0.129. The van der Waals surface area contributed by atoms with Gasteiger partial charge in [0.15, 0.2) is 0 Å². The van der Waals surface area contributed by atoms with Gasteiger partial charge in [0.1, 0.15) is 0 Å². The Morgan fingerprint density at radius 1 is 1.07 bits per heavy atom. The molecule has 1 aliphatic heterocycles. The average Bonchev–Trinajstić information content (AvgIpc) is 2.68. The number of nitrogens with one attached hydrogen (secondary N) is 2. The minimum Gasteiger partial charge on any atom is -0.352 e. The number of carbonyl (C=O) groups is 3. The summed E-state index contributed by atoms with van der Waals surface area (Å²) in [7, 11) is 0. The van der Waals surface area contributed by atoms with E-state index >= 15 is 0 Å². The van der Waals surface area contributed by atoms with E-state index in [1.165, 1.54) is 6.92 Å². The first-order chi connectivity index (χ1) is 13.5.